The number of aromatic nitrogens is 2. The van der Waals surface area contributed by atoms with Gasteiger partial charge in [0.05, 0.1) is 6.04 Å². The lowest BCUT2D eigenvalue weighted by atomic mass is 10.1. The Hall–Kier alpha value is -4.11. The van der Waals surface area contributed by atoms with Gasteiger partial charge in [-0.1, -0.05) is 35.1 Å². The molecule has 0 spiro atoms. The number of carbonyl (C=O) groups excluding carboxylic acids is 3. The molecule has 1 aromatic carbocycles. The molecule has 1 aliphatic rings. The number of primary amides is 1. The van der Waals surface area contributed by atoms with E-state index < -0.39 is 41.6 Å². The van der Waals surface area contributed by atoms with Gasteiger partial charge in [-0.15, -0.1) is 0 Å². The predicted octanol–water partition coefficient (Wildman–Crippen LogP) is 1.78. The van der Waals surface area contributed by atoms with Crippen LogP contribution in [0.15, 0.2) is 50.1 Å². The van der Waals surface area contributed by atoms with E-state index in [0.29, 0.717) is 18.7 Å². The van der Waals surface area contributed by atoms with E-state index in [1.54, 1.807) is 0 Å². The molecule has 2 heterocycles. The number of azide groups is 1. The van der Waals surface area contributed by atoms with Crippen molar-refractivity contribution in [2.75, 3.05) is 19.1 Å². The highest BCUT2D eigenvalue weighted by Gasteiger charge is 2.37. The van der Waals surface area contributed by atoms with Gasteiger partial charge < -0.3 is 25.3 Å². The summed E-state index contributed by atoms with van der Waals surface area (Å²) in [6.45, 7) is 2.33. The normalized spacial score (nSPS) is 17.8. The molecule has 0 aliphatic carbocycles. The first-order chi connectivity index (χ1) is 20.2. The number of hydrogen-bond donors (Lipinski definition) is 3. The molecular formula is C26H33N7O8S. The Balaban J connectivity index is 1.37. The van der Waals surface area contributed by atoms with E-state index in [9.17, 15) is 24.0 Å². The Morgan fingerprint density at radius 1 is 1.21 bits per heavy atom. The van der Waals surface area contributed by atoms with Crippen molar-refractivity contribution in [3.63, 3.8) is 0 Å². The van der Waals surface area contributed by atoms with Crippen molar-refractivity contribution in [3.05, 3.63) is 72.9 Å². The summed E-state index contributed by atoms with van der Waals surface area (Å²) in [6.07, 6.45) is 0.331. The number of nitrogens with two attached hydrogens (primary N) is 1. The Morgan fingerprint density at radius 2 is 1.95 bits per heavy atom. The fourth-order valence-electron chi connectivity index (χ4n) is 4.10. The molecule has 226 valence electrons. The fourth-order valence-corrected chi connectivity index (χ4v) is 4.92. The summed E-state index contributed by atoms with van der Waals surface area (Å²) < 4.78 is 17.5. The van der Waals surface area contributed by atoms with Crippen LogP contribution in [0.2, 0.25) is 0 Å². The van der Waals surface area contributed by atoms with Crippen LogP contribution in [0.4, 0.5) is 0 Å². The van der Waals surface area contributed by atoms with Gasteiger partial charge in [-0.05, 0) is 30.5 Å². The van der Waals surface area contributed by atoms with E-state index >= 15 is 0 Å². The van der Waals surface area contributed by atoms with E-state index in [1.807, 2.05) is 24.3 Å². The van der Waals surface area contributed by atoms with Gasteiger partial charge in [0.15, 0.2) is 0 Å². The number of aryl methyl sites for hydroxylation is 1. The highest BCUT2D eigenvalue weighted by Crippen LogP contribution is 2.30. The summed E-state index contributed by atoms with van der Waals surface area (Å²) in [6, 6.07) is 6.91. The molecule has 1 fully saturated rings. The Labute approximate surface area is 244 Å². The standard InChI is InChI=1S/C26H33N7O8S/c1-16-13-33(26(38)30-25(16)37)22-11-18(31-32-28)19(41-22)14-39-23(35)7-4-8-24(36)40-15-42-20-6-3-2-5-17(20)12-29-10-9-21(27)34/h2-3,5-6,13,18-19,22,29H,4,7-12,14-15H2,1H3,(H2,27,34)(H,30,37,38)/t18-,19+,22+/m0/s1. The number of aromatic amines is 1. The van der Waals surface area contributed by atoms with Gasteiger partial charge in [0.25, 0.3) is 5.56 Å². The molecule has 0 bridgehead atoms. The van der Waals surface area contributed by atoms with Crippen LogP contribution < -0.4 is 22.3 Å². The minimum atomic E-state index is -0.815. The smallest absolute Gasteiger partial charge is 0.330 e. The van der Waals surface area contributed by atoms with Crippen molar-refractivity contribution in [2.45, 2.75) is 68.8 Å². The average Bonchev–Trinajstić information content (AvgIpc) is 3.35. The SMILES string of the molecule is Cc1cn([C@H]2C[C@H](N=[N+]=[N-])[C@@H](COC(=O)CCCC(=O)OCSc3ccccc3CNCCC(N)=O)O2)c(=O)[nH]c1=O. The second-order valence-corrected chi connectivity index (χ2v) is 10.4. The largest absolute Gasteiger partial charge is 0.463 e. The van der Waals surface area contributed by atoms with Gasteiger partial charge >= 0.3 is 17.6 Å². The maximum absolute atomic E-state index is 12.3. The lowest BCUT2D eigenvalue weighted by Gasteiger charge is -2.16. The number of nitrogens with one attached hydrogen (secondary N) is 2. The maximum atomic E-state index is 12.3. The topological polar surface area (TPSA) is 221 Å². The first kappa shape index (κ1) is 32.4. The fraction of sp³-hybridized carbons (Fsp3) is 0.500. The van der Waals surface area contributed by atoms with Crippen LogP contribution in [0.5, 0.6) is 0 Å². The number of esters is 2. The molecule has 4 N–H and O–H groups in total. The summed E-state index contributed by atoms with van der Waals surface area (Å²) in [5, 5.41) is 6.83. The first-order valence-corrected chi connectivity index (χ1v) is 14.2. The van der Waals surface area contributed by atoms with Crippen molar-refractivity contribution in [1.82, 2.24) is 14.9 Å². The van der Waals surface area contributed by atoms with Crippen LogP contribution in [-0.2, 0) is 35.1 Å². The molecule has 0 radical (unpaired) electrons. The number of rotatable bonds is 16. The molecule has 1 saturated heterocycles. The van der Waals surface area contributed by atoms with Gasteiger partial charge in [0, 0.05) is 60.3 Å². The summed E-state index contributed by atoms with van der Waals surface area (Å²) in [5.41, 5.74) is 14.2. The minimum Gasteiger partial charge on any atom is -0.463 e. The molecule has 1 aromatic heterocycles. The molecule has 0 saturated carbocycles. The van der Waals surface area contributed by atoms with Gasteiger partial charge in [-0.2, -0.15) is 0 Å². The molecule has 2 aromatic rings. The monoisotopic (exact) mass is 603 g/mol. The third kappa shape index (κ3) is 10.1. The van der Waals surface area contributed by atoms with Crippen LogP contribution in [0.3, 0.4) is 0 Å². The van der Waals surface area contributed by atoms with Crippen LogP contribution >= 0.6 is 11.8 Å². The Morgan fingerprint density at radius 3 is 2.69 bits per heavy atom. The lowest BCUT2D eigenvalue weighted by Crippen LogP contribution is -2.33. The van der Waals surface area contributed by atoms with E-state index in [2.05, 4.69) is 20.3 Å². The summed E-state index contributed by atoms with van der Waals surface area (Å²) >= 11 is 1.35. The van der Waals surface area contributed by atoms with Crippen molar-refractivity contribution < 1.29 is 28.6 Å². The highest BCUT2D eigenvalue weighted by atomic mass is 32.2. The molecule has 1 aliphatic heterocycles. The second-order valence-electron chi connectivity index (χ2n) is 9.43. The number of H-pyrrole nitrogens is 1. The molecular weight excluding hydrogens is 570 g/mol. The molecule has 0 unspecified atom stereocenters. The zero-order valence-corrected chi connectivity index (χ0v) is 23.8. The van der Waals surface area contributed by atoms with Crippen LogP contribution in [0, 0.1) is 6.92 Å². The van der Waals surface area contributed by atoms with Crippen LogP contribution in [0.25, 0.3) is 10.4 Å². The molecule has 16 heteroatoms. The van der Waals surface area contributed by atoms with Crippen molar-refractivity contribution >= 4 is 29.6 Å². The van der Waals surface area contributed by atoms with Gasteiger partial charge in [0.2, 0.25) is 5.91 Å². The third-order valence-corrected chi connectivity index (χ3v) is 7.25. The quantitative estimate of drug-likeness (QED) is 0.0480. The number of benzene rings is 1. The first-order valence-electron chi connectivity index (χ1n) is 13.2. The minimum absolute atomic E-state index is 0.0177. The van der Waals surface area contributed by atoms with E-state index in [-0.39, 0.29) is 50.6 Å². The molecule has 42 heavy (non-hydrogen) atoms. The van der Waals surface area contributed by atoms with Crippen LogP contribution in [-0.4, -0.2) is 58.6 Å². The van der Waals surface area contributed by atoms with E-state index in [0.717, 1.165) is 10.5 Å². The Kier molecular flexibility index (Phi) is 12.6. The Bertz CT molecular complexity index is 1420. The van der Waals surface area contributed by atoms with Gasteiger partial charge in [0.1, 0.15) is 24.9 Å². The second kappa shape index (κ2) is 16.4. The number of amides is 1. The van der Waals surface area contributed by atoms with E-state index in [4.69, 9.17) is 25.5 Å². The zero-order chi connectivity index (χ0) is 30.5. The van der Waals surface area contributed by atoms with Crippen molar-refractivity contribution in [1.29, 1.82) is 0 Å². The van der Waals surface area contributed by atoms with Crippen molar-refractivity contribution in [2.24, 2.45) is 10.8 Å². The summed E-state index contributed by atoms with van der Waals surface area (Å²) in [5.74, 6) is -1.31. The van der Waals surface area contributed by atoms with Crippen LogP contribution in [0.1, 0.15) is 49.5 Å². The predicted molar refractivity (Wildman–Crippen MR) is 151 cm³/mol. The summed E-state index contributed by atoms with van der Waals surface area (Å²) in [7, 11) is 0. The maximum Gasteiger partial charge on any atom is 0.330 e. The van der Waals surface area contributed by atoms with E-state index in [1.165, 1.54) is 29.4 Å². The van der Waals surface area contributed by atoms with Gasteiger partial charge in [-0.25, -0.2) is 4.79 Å². The summed E-state index contributed by atoms with van der Waals surface area (Å²) in [4.78, 5) is 65.0. The van der Waals surface area contributed by atoms with Gasteiger partial charge in [-0.3, -0.25) is 28.7 Å². The number of carbonyl (C=O) groups is 3. The highest BCUT2D eigenvalue weighted by molar-refractivity contribution is 7.99. The molecule has 1 amide bonds. The number of thioether (sulfide) groups is 1. The van der Waals surface area contributed by atoms with Crippen molar-refractivity contribution in [3.8, 4) is 0 Å². The zero-order valence-electron chi connectivity index (χ0n) is 23.0. The lowest BCUT2D eigenvalue weighted by molar-refractivity contribution is -0.149. The molecule has 3 rings (SSSR count). The molecule has 3 atom stereocenters. The number of ether oxygens (including phenoxy) is 3. The molecule has 15 nitrogen and oxygen atoms in total. The number of nitrogens with zero attached hydrogens (tertiary/aromatic N) is 4. The average molecular weight is 604 g/mol. The third-order valence-electron chi connectivity index (χ3n) is 6.30. The number of hydrogen-bond acceptors (Lipinski definition) is 11.